The normalized spacial score (nSPS) is 10.0. The number of ether oxygens (including phenoxy) is 2. The lowest BCUT2D eigenvalue weighted by atomic mass is 10.2. The van der Waals surface area contributed by atoms with Crippen LogP contribution in [0.2, 0.25) is 0 Å². The van der Waals surface area contributed by atoms with E-state index in [2.05, 4.69) is 4.98 Å². The Bertz CT molecular complexity index is 774. The molecule has 8 nitrogen and oxygen atoms in total. The van der Waals surface area contributed by atoms with E-state index in [0.717, 1.165) is 0 Å². The van der Waals surface area contributed by atoms with Crippen molar-refractivity contribution in [3.63, 3.8) is 0 Å². The fraction of sp³-hybridized carbons (Fsp3) is 0.250. The molecule has 24 heavy (non-hydrogen) atoms. The molecule has 0 radical (unpaired) electrons. The first-order valence-electron chi connectivity index (χ1n) is 7.15. The minimum atomic E-state index is -1.27. The number of hydrogen-bond acceptors (Lipinski definition) is 6. The molecule has 0 atom stereocenters. The van der Waals surface area contributed by atoms with E-state index in [0.29, 0.717) is 11.3 Å². The molecule has 2 aromatic rings. The monoisotopic (exact) mass is 329 g/mol. The highest BCUT2D eigenvalue weighted by Gasteiger charge is 2.24. The van der Waals surface area contributed by atoms with E-state index in [9.17, 15) is 14.7 Å². The predicted octanol–water partition coefficient (Wildman–Crippen LogP) is 1.71. The first kappa shape index (κ1) is 17.0. The Hall–Kier alpha value is -3.34. The number of carbonyl (C=O) groups excluding carboxylic acids is 1. The Labute approximate surface area is 137 Å². The van der Waals surface area contributed by atoms with Gasteiger partial charge in [-0.05, 0) is 31.2 Å². The van der Waals surface area contributed by atoms with Crippen LogP contribution in [-0.2, 0) is 11.3 Å². The van der Waals surface area contributed by atoms with Crippen molar-refractivity contribution in [3.8, 4) is 11.8 Å². The summed E-state index contributed by atoms with van der Waals surface area (Å²) in [4.78, 5) is 26.9. The van der Waals surface area contributed by atoms with Crippen LogP contribution in [0.1, 0.15) is 33.5 Å². The summed E-state index contributed by atoms with van der Waals surface area (Å²) in [5.41, 5.74) is 0.0452. The topological polar surface area (TPSA) is 114 Å². The number of carbonyl (C=O) groups is 2. The number of carboxylic acids is 1. The van der Waals surface area contributed by atoms with Crippen molar-refractivity contribution in [1.82, 2.24) is 9.55 Å². The smallest absolute Gasteiger partial charge is 0.359 e. The molecule has 0 saturated heterocycles. The number of benzene rings is 1. The summed E-state index contributed by atoms with van der Waals surface area (Å²) < 4.78 is 11.6. The zero-order chi connectivity index (χ0) is 17.5. The van der Waals surface area contributed by atoms with E-state index in [4.69, 9.17) is 14.7 Å². The van der Waals surface area contributed by atoms with E-state index in [1.165, 1.54) is 10.9 Å². The van der Waals surface area contributed by atoms with Crippen LogP contribution in [0.25, 0.3) is 0 Å². The molecule has 1 aromatic heterocycles. The Morgan fingerprint density at radius 3 is 2.62 bits per heavy atom. The van der Waals surface area contributed by atoms with Crippen LogP contribution in [0.5, 0.6) is 5.75 Å². The van der Waals surface area contributed by atoms with Gasteiger partial charge >= 0.3 is 11.9 Å². The molecule has 1 heterocycles. The number of rotatable bonds is 7. The van der Waals surface area contributed by atoms with Crippen LogP contribution in [0.15, 0.2) is 30.6 Å². The highest BCUT2D eigenvalue weighted by molar-refractivity contribution is 5.99. The molecule has 2 rings (SSSR count). The highest BCUT2D eigenvalue weighted by atomic mass is 16.5. The number of carboxylic acid groups (broad SMARTS) is 1. The van der Waals surface area contributed by atoms with Gasteiger partial charge < -0.3 is 19.1 Å². The van der Waals surface area contributed by atoms with Gasteiger partial charge in [0, 0.05) is 0 Å². The van der Waals surface area contributed by atoms with Crippen molar-refractivity contribution < 1.29 is 24.2 Å². The molecular formula is C16H15N3O5. The molecule has 124 valence electrons. The number of nitriles is 1. The molecule has 8 heteroatoms. The van der Waals surface area contributed by atoms with Crippen LogP contribution < -0.4 is 4.74 Å². The number of hydrogen-bond donors (Lipinski definition) is 1. The van der Waals surface area contributed by atoms with E-state index in [-0.39, 0.29) is 31.1 Å². The fourth-order valence-electron chi connectivity index (χ4n) is 2.01. The SMILES string of the molecule is CCOC(=O)c1ncn(CCOc2ccc(C#N)cc2)c1C(=O)O. The average molecular weight is 329 g/mol. The van der Waals surface area contributed by atoms with Crippen LogP contribution in [0, 0.1) is 11.3 Å². The van der Waals surface area contributed by atoms with Gasteiger partial charge in [0.25, 0.3) is 0 Å². The molecule has 0 amide bonds. The van der Waals surface area contributed by atoms with Crippen molar-refractivity contribution in [1.29, 1.82) is 5.26 Å². The third-order valence-electron chi connectivity index (χ3n) is 3.09. The van der Waals surface area contributed by atoms with Crippen molar-refractivity contribution >= 4 is 11.9 Å². The van der Waals surface area contributed by atoms with E-state index >= 15 is 0 Å². The summed E-state index contributed by atoms with van der Waals surface area (Å²) >= 11 is 0. The lowest BCUT2D eigenvalue weighted by molar-refractivity contribution is 0.0506. The van der Waals surface area contributed by atoms with Crippen molar-refractivity contribution in [2.45, 2.75) is 13.5 Å². The minimum Gasteiger partial charge on any atom is -0.492 e. The molecule has 0 bridgehead atoms. The maximum absolute atomic E-state index is 11.7. The second-order valence-corrected chi connectivity index (χ2v) is 4.65. The van der Waals surface area contributed by atoms with Gasteiger partial charge in [-0.1, -0.05) is 0 Å². The lowest BCUT2D eigenvalue weighted by Gasteiger charge is -2.08. The number of nitrogens with zero attached hydrogens (tertiary/aromatic N) is 3. The molecule has 0 fully saturated rings. The van der Waals surface area contributed by atoms with Crippen LogP contribution in [0.3, 0.4) is 0 Å². The lowest BCUT2D eigenvalue weighted by Crippen LogP contribution is -2.17. The molecule has 1 aromatic carbocycles. The maximum atomic E-state index is 11.7. The molecule has 0 saturated carbocycles. The molecule has 0 aliphatic rings. The molecule has 0 spiro atoms. The van der Waals surface area contributed by atoms with Gasteiger partial charge in [0.05, 0.1) is 31.1 Å². The first-order valence-corrected chi connectivity index (χ1v) is 7.15. The molecular weight excluding hydrogens is 314 g/mol. The summed E-state index contributed by atoms with van der Waals surface area (Å²) in [6.45, 7) is 2.12. The number of aromatic carboxylic acids is 1. The second kappa shape index (κ2) is 7.78. The second-order valence-electron chi connectivity index (χ2n) is 4.65. The summed E-state index contributed by atoms with van der Waals surface area (Å²) in [6, 6.07) is 8.54. The Morgan fingerprint density at radius 2 is 2.04 bits per heavy atom. The molecule has 0 aliphatic carbocycles. The van der Waals surface area contributed by atoms with E-state index < -0.39 is 11.9 Å². The van der Waals surface area contributed by atoms with E-state index in [1.54, 1.807) is 31.2 Å². The van der Waals surface area contributed by atoms with Gasteiger partial charge in [0.1, 0.15) is 12.4 Å². The van der Waals surface area contributed by atoms with Crippen molar-refractivity contribution in [2.24, 2.45) is 0 Å². The van der Waals surface area contributed by atoms with Crippen molar-refractivity contribution in [2.75, 3.05) is 13.2 Å². The highest BCUT2D eigenvalue weighted by Crippen LogP contribution is 2.13. The van der Waals surface area contributed by atoms with Crippen LogP contribution in [0.4, 0.5) is 0 Å². The largest absolute Gasteiger partial charge is 0.492 e. The summed E-state index contributed by atoms with van der Waals surface area (Å²) in [5.74, 6) is -1.49. The zero-order valence-corrected chi connectivity index (χ0v) is 12.9. The number of esters is 1. The first-order chi connectivity index (χ1) is 11.6. The quantitative estimate of drug-likeness (QED) is 0.769. The van der Waals surface area contributed by atoms with Gasteiger partial charge in [0.2, 0.25) is 0 Å². The summed E-state index contributed by atoms with van der Waals surface area (Å²) in [6.07, 6.45) is 1.26. The Balaban J connectivity index is 2.05. The van der Waals surface area contributed by atoms with Crippen molar-refractivity contribution in [3.05, 3.63) is 47.5 Å². The zero-order valence-electron chi connectivity index (χ0n) is 12.9. The van der Waals surface area contributed by atoms with Crippen LogP contribution in [-0.4, -0.2) is 39.8 Å². The average Bonchev–Trinajstić information content (AvgIpc) is 3.00. The van der Waals surface area contributed by atoms with Gasteiger partial charge in [-0.15, -0.1) is 0 Å². The fourth-order valence-corrected chi connectivity index (χ4v) is 2.01. The molecule has 1 N–H and O–H groups in total. The molecule has 0 aliphatic heterocycles. The maximum Gasteiger partial charge on any atom is 0.359 e. The van der Waals surface area contributed by atoms with E-state index in [1.807, 2.05) is 6.07 Å². The number of imidazole rings is 1. The van der Waals surface area contributed by atoms with Crippen LogP contribution >= 0.6 is 0 Å². The Morgan fingerprint density at radius 1 is 1.33 bits per heavy atom. The minimum absolute atomic E-state index is 0.132. The Kier molecular flexibility index (Phi) is 5.52. The predicted molar refractivity (Wildman–Crippen MR) is 81.8 cm³/mol. The standard InChI is InChI=1S/C16H15N3O5/c1-2-23-16(22)13-14(15(20)21)19(10-18-13)7-8-24-12-5-3-11(9-17)4-6-12/h3-6,10H,2,7-8H2,1H3,(H,20,21). The number of aromatic nitrogens is 2. The third-order valence-corrected chi connectivity index (χ3v) is 3.09. The van der Waals surface area contributed by atoms with Gasteiger partial charge in [-0.25, -0.2) is 14.6 Å². The summed E-state index contributed by atoms with van der Waals surface area (Å²) in [7, 11) is 0. The third kappa shape index (κ3) is 3.89. The summed E-state index contributed by atoms with van der Waals surface area (Å²) in [5, 5.41) is 18.0. The van der Waals surface area contributed by atoms with Gasteiger partial charge in [-0.3, -0.25) is 0 Å². The van der Waals surface area contributed by atoms with Gasteiger partial charge in [0.15, 0.2) is 11.4 Å². The molecule has 0 unspecified atom stereocenters. The van der Waals surface area contributed by atoms with Gasteiger partial charge in [-0.2, -0.15) is 5.26 Å².